The molecule has 0 atom stereocenters. The van der Waals surface area contributed by atoms with Gasteiger partial charge in [0.2, 0.25) is 0 Å². The zero-order chi connectivity index (χ0) is 19.1. The molecule has 2 heterocycles. The van der Waals surface area contributed by atoms with E-state index in [-0.39, 0.29) is 5.82 Å². The van der Waals surface area contributed by atoms with Gasteiger partial charge in [-0.3, -0.25) is 9.56 Å². The maximum Gasteiger partial charge on any atom is 0.191 e. The van der Waals surface area contributed by atoms with Gasteiger partial charge in [0.05, 0.1) is 0 Å². The first-order chi connectivity index (χ1) is 13.2. The predicted molar refractivity (Wildman–Crippen MR) is 104 cm³/mol. The number of hydrogen-bond donors (Lipinski definition) is 2. The molecule has 27 heavy (non-hydrogen) atoms. The highest BCUT2D eigenvalue weighted by molar-refractivity contribution is 5.79. The third-order valence-corrected chi connectivity index (χ3v) is 4.18. The molecule has 0 aliphatic carbocycles. The van der Waals surface area contributed by atoms with Gasteiger partial charge in [-0.2, -0.15) is 0 Å². The van der Waals surface area contributed by atoms with Crippen molar-refractivity contribution in [3.05, 3.63) is 77.8 Å². The smallest absolute Gasteiger partial charge is 0.191 e. The summed E-state index contributed by atoms with van der Waals surface area (Å²) in [4.78, 5) is 12.9. The van der Waals surface area contributed by atoms with Gasteiger partial charge in [-0.25, -0.2) is 14.4 Å². The van der Waals surface area contributed by atoms with Crippen LogP contribution in [0.5, 0.6) is 0 Å². The molecule has 0 fully saturated rings. The Morgan fingerprint density at radius 1 is 1.07 bits per heavy atom. The van der Waals surface area contributed by atoms with Crippen molar-refractivity contribution in [2.45, 2.75) is 19.9 Å². The summed E-state index contributed by atoms with van der Waals surface area (Å²) in [5.41, 5.74) is 2.13. The fourth-order valence-electron chi connectivity index (χ4n) is 2.67. The van der Waals surface area contributed by atoms with Gasteiger partial charge in [-0.15, -0.1) is 0 Å². The number of hydrogen-bond acceptors (Lipinski definition) is 3. The topological polar surface area (TPSA) is 67.1 Å². The second kappa shape index (κ2) is 8.93. The Balaban J connectivity index is 1.47. The molecule has 3 rings (SSSR count). The molecule has 3 aromatic rings. The van der Waals surface area contributed by atoms with Crippen molar-refractivity contribution in [1.29, 1.82) is 0 Å². The molecule has 6 nitrogen and oxygen atoms in total. The van der Waals surface area contributed by atoms with Crippen molar-refractivity contribution in [2.24, 2.45) is 4.99 Å². The number of rotatable bonds is 6. The molecule has 0 bridgehead atoms. The molecule has 0 aliphatic rings. The molecule has 2 N–H and O–H groups in total. The lowest BCUT2D eigenvalue weighted by Crippen LogP contribution is -2.37. The van der Waals surface area contributed by atoms with Crippen molar-refractivity contribution < 1.29 is 4.39 Å². The van der Waals surface area contributed by atoms with Crippen molar-refractivity contribution >= 4 is 5.96 Å². The highest BCUT2D eigenvalue weighted by Crippen LogP contribution is 2.08. The summed E-state index contributed by atoms with van der Waals surface area (Å²) in [6, 6.07) is 10.5. The van der Waals surface area contributed by atoms with E-state index in [0.29, 0.717) is 19.0 Å². The fraction of sp³-hybridized carbons (Fsp3) is 0.250. The van der Waals surface area contributed by atoms with Gasteiger partial charge >= 0.3 is 0 Å². The lowest BCUT2D eigenvalue weighted by Gasteiger charge is -2.12. The van der Waals surface area contributed by atoms with Crippen molar-refractivity contribution in [3.63, 3.8) is 0 Å². The lowest BCUT2D eigenvalue weighted by molar-refractivity contribution is 0.626. The molecule has 0 radical (unpaired) electrons. The van der Waals surface area contributed by atoms with Gasteiger partial charge in [0.25, 0.3) is 0 Å². The number of aromatic nitrogens is 3. The minimum Gasteiger partial charge on any atom is -0.356 e. The molecule has 2 aromatic heterocycles. The van der Waals surface area contributed by atoms with Crippen molar-refractivity contribution in [3.8, 4) is 5.82 Å². The standard InChI is InChI=1S/C20H23FN6/c1-15-23-11-12-27(15)19-8-5-17(13-25-19)14-26-20(22-2)24-10-9-16-3-6-18(21)7-4-16/h3-8,11-13H,9-10,14H2,1-2H3,(H2,22,24,26). The number of halogens is 1. The first kappa shape index (κ1) is 18.6. The Kier molecular flexibility index (Phi) is 6.14. The van der Waals surface area contributed by atoms with Gasteiger partial charge in [-0.05, 0) is 42.7 Å². The molecule has 0 amide bonds. The SMILES string of the molecule is CN=C(NCCc1ccc(F)cc1)NCc1ccc(-n2ccnc2C)nc1. The van der Waals surface area contributed by atoms with Gasteiger partial charge in [-0.1, -0.05) is 18.2 Å². The van der Waals surface area contributed by atoms with E-state index >= 15 is 0 Å². The number of guanidine groups is 1. The molecule has 7 heteroatoms. The number of nitrogens with zero attached hydrogens (tertiary/aromatic N) is 4. The molecule has 0 saturated heterocycles. The van der Waals surface area contributed by atoms with Crippen LogP contribution in [0, 0.1) is 12.7 Å². The summed E-state index contributed by atoms with van der Waals surface area (Å²) >= 11 is 0. The summed E-state index contributed by atoms with van der Waals surface area (Å²) in [7, 11) is 1.73. The molecule has 0 spiro atoms. The number of pyridine rings is 1. The maximum atomic E-state index is 12.9. The number of aliphatic imine (C=N–C) groups is 1. The quantitative estimate of drug-likeness (QED) is 0.520. The highest BCUT2D eigenvalue weighted by atomic mass is 19.1. The minimum atomic E-state index is -0.216. The van der Waals surface area contributed by atoms with Crippen LogP contribution in [0.3, 0.4) is 0 Å². The summed E-state index contributed by atoms with van der Waals surface area (Å²) < 4.78 is 14.9. The van der Waals surface area contributed by atoms with Crippen LogP contribution in [0.15, 0.2) is 60.0 Å². The van der Waals surface area contributed by atoms with Crippen LogP contribution in [0.25, 0.3) is 5.82 Å². The van der Waals surface area contributed by atoms with Crippen LogP contribution < -0.4 is 10.6 Å². The Morgan fingerprint density at radius 2 is 1.85 bits per heavy atom. The fourth-order valence-corrected chi connectivity index (χ4v) is 2.67. The number of nitrogens with one attached hydrogen (secondary N) is 2. The largest absolute Gasteiger partial charge is 0.356 e. The number of aryl methyl sites for hydroxylation is 1. The Hall–Kier alpha value is -3.22. The molecular formula is C20H23FN6. The van der Waals surface area contributed by atoms with E-state index in [9.17, 15) is 4.39 Å². The summed E-state index contributed by atoms with van der Waals surface area (Å²) in [5, 5.41) is 6.52. The molecule has 0 saturated carbocycles. The summed E-state index contributed by atoms with van der Waals surface area (Å²) in [5.74, 6) is 2.24. The Labute approximate surface area is 158 Å². The van der Waals surface area contributed by atoms with E-state index in [1.165, 1.54) is 12.1 Å². The van der Waals surface area contributed by atoms with Crippen LogP contribution in [0.1, 0.15) is 17.0 Å². The summed E-state index contributed by atoms with van der Waals surface area (Å²) in [6.07, 6.45) is 6.28. The molecule has 140 valence electrons. The van der Waals surface area contributed by atoms with Crippen LogP contribution in [-0.2, 0) is 13.0 Å². The molecule has 1 aromatic carbocycles. The van der Waals surface area contributed by atoms with E-state index < -0.39 is 0 Å². The van der Waals surface area contributed by atoms with E-state index in [0.717, 1.165) is 29.2 Å². The third kappa shape index (κ3) is 5.13. The van der Waals surface area contributed by atoms with Crippen LogP contribution >= 0.6 is 0 Å². The summed E-state index contributed by atoms with van der Waals surface area (Å²) in [6.45, 7) is 3.27. The van der Waals surface area contributed by atoms with E-state index in [2.05, 4.69) is 25.6 Å². The van der Waals surface area contributed by atoms with Gasteiger partial charge in [0.15, 0.2) is 5.96 Å². The van der Waals surface area contributed by atoms with E-state index in [4.69, 9.17) is 0 Å². The highest BCUT2D eigenvalue weighted by Gasteiger charge is 2.03. The normalized spacial score (nSPS) is 11.4. The second-order valence-corrected chi connectivity index (χ2v) is 6.10. The van der Waals surface area contributed by atoms with Crippen molar-refractivity contribution in [2.75, 3.05) is 13.6 Å². The second-order valence-electron chi connectivity index (χ2n) is 6.10. The van der Waals surface area contributed by atoms with Gasteiger partial charge in [0, 0.05) is 38.7 Å². The Morgan fingerprint density at radius 3 is 2.48 bits per heavy atom. The maximum absolute atomic E-state index is 12.9. The minimum absolute atomic E-state index is 0.216. The third-order valence-electron chi connectivity index (χ3n) is 4.18. The molecule has 0 unspecified atom stereocenters. The average molecular weight is 366 g/mol. The zero-order valence-corrected chi connectivity index (χ0v) is 15.5. The van der Waals surface area contributed by atoms with Crippen LogP contribution in [0.4, 0.5) is 4.39 Å². The number of benzene rings is 1. The first-order valence-electron chi connectivity index (χ1n) is 8.80. The van der Waals surface area contributed by atoms with E-state index in [1.807, 2.05) is 36.0 Å². The molecular weight excluding hydrogens is 343 g/mol. The zero-order valence-electron chi connectivity index (χ0n) is 15.5. The Bertz CT molecular complexity index is 884. The monoisotopic (exact) mass is 366 g/mol. The van der Waals surface area contributed by atoms with Crippen LogP contribution in [0.2, 0.25) is 0 Å². The lowest BCUT2D eigenvalue weighted by atomic mass is 10.1. The predicted octanol–water partition coefficient (Wildman–Crippen LogP) is 2.62. The van der Waals surface area contributed by atoms with E-state index in [1.54, 1.807) is 25.4 Å². The van der Waals surface area contributed by atoms with Crippen molar-refractivity contribution in [1.82, 2.24) is 25.2 Å². The molecule has 0 aliphatic heterocycles. The van der Waals surface area contributed by atoms with Gasteiger partial charge < -0.3 is 10.6 Å². The first-order valence-corrected chi connectivity index (χ1v) is 8.80. The number of imidazole rings is 1. The average Bonchev–Trinajstić information content (AvgIpc) is 3.12. The van der Waals surface area contributed by atoms with Crippen LogP contribution in [-0.4, -0.2) is 34.1 Å². The van der Waals surface area contributed by atoms with Gasteiger partial charge in [0.1, 0.15) is 17.5 Å².